The van der Waals surface area contributed by atoms with Crippen molar-refractivity contribution in [1.29, 1.82) is 0 Å². The number of rotatable bonds is 3. The number of aliphatic imine (C=N–C) groups is 1. The van der Waals surface area contributed by atoms with E-state index < -0.39 is 17.2 Å². The van der Waals surface area contributed by atoms with E-state index >= 15 is 0 Å². The van der Waals surface area contributed by atoms with E-state index in [0.29, 0.717) is 18.5 Å². The smallest absolute Gasteiger partial charge is 0.334 e. The third-order valence-corrected chi connectivity index (χ3v) is 5.02. The minimum absolute atomic E-state index is 0.0288. The Balaban J connectivity index is 1.91. The molecule has 0 atom stereocenters. The van der Waals surface area contributed by atoms with Crippen LogP contribution < -0.4 is 10.2 Å². The molecule has 1 aromatic rings. The number of alkyl halides is 3. The average molecular weight is 368 g/mol. The molecule has 0 spiro atoms. The van der Waals surface area contributed by atoms with Crippen LogP contribution in [0.3, 0.4) is 0 Å². The fourth-order valence-electron chi connectivity index (χ4n) is 3.28. The van der Waals surface area contributed by atoms with Crippen molar-refractivity contribution in [3.8, 4) is 0 Å². The predicted molar refractivity (Wildman–Crippen MR) is 89.1 cm³/mol. The van der Waals surface area contributed by atoms with Crippen LogP contribution in [0.15, 0.2) is 29.3 Å². The van der Waals surface area contributed by atoms with Crippen LogP contribution in [0, 0.1) is 5.41 Å². The summed E-state index contributed by atoms with van der Waals surface area (Å²) in [5.74, 6) is -0.600. The molecule has 0 radical (unpaired) electrons. The van der Waals surface area contributed by atoms with E-state index in [4.69, 9.17) is 0 Å². The van der Waals surface area contributed by atoms with E-state index in [1.165, 1.54) is 17.0 Å². The average Bonchev–Trinajstić information content (AvgIpc) is 2.62. The van der Waals surface area contributed by atoms with E-state index in [-0.39, 0.29) is 31.1 Å². The minimum atomic E-state index is -4.45. The van der Waals surface area contributed by atoms with E-state index in [1.54, 1.807) is 18.7 Å². The van der Waals surface area contributed by atoms with Gasteiger partial charge in [-0.15, -0.1) is 0 Å². The lowest BCUT2D eigenvalue weighted by molar-refractivity contribution is -0.151. The lowest BCUT2D eigenvalue weighted by Crippen LogP contribution is -2.67. The van der Waals surface area contributed by atoms with Crippen molar-refractivity contribution in [1.82, 2.24) is 10.2 Å². The molecule has 9 heteroatoms. The molecule has 0 bridgehead atoms. The maximum Gasteiger partial charge on any atom is 0.416 e. The van der Waals surface area contributed by atoms with Gasteiger partial charge in [0.2, 0.25) is 17.8 Å². The second kappa shape index (κ2) is 6.30. The maximum atomic E-state index is 12.9. The largest absolute Gasteiger partial charge is 0.416 e. The number of guanidine groups is 1. The van der Waals surface area contributed by atoms with Gasteiger partial charge in [0, 0.05) is 5.69 Å². The van der Waals surface area contributed by atoms with Gasteiger partial charge in [-0.05, 0) is 31.0 Å². The molecule has 2 aliphatic rings. The third kappa shape index (κ3) is 2.81. The van der Waals surface area contributed by atoms with Gasteiger partial charge in [-0.1, -0.05) is 19.9 Å². The summed E-state index contributed by atoms with van der Waals surface area (Å²) in [5.41, 5.74) is -1.62. The Morgan fingerprint density at radius 3 is 2.54 bits per heavy atom. The standard InChI is InChI=1S/C17H19F3N4O2/c1-3-16(4-2)13(25)22-15-21-9-23(10-24(15)14(16)26)12-7-5-6-11(8-12)17(18,19)20/h5-8H,3-4,9-10H2,1-2H3,(H,21,22,25). The van der Waals surface area contributed by atoms with Crippen LogP contribution in [-0.2, 0) is 15.8 Å². The maximum absolute atomic E-state index is 12.9. The number of fused-ring (bicyclic) bond motifs is 1. The van der Waals surface area contributed by atoms with Gasteiger partial charge in [-0.2, -0.15) is 13.2 Å². The Hall–Kier alpha value is -2.58. The molecule has 0 aliphatic carbocycles. The summed E-state index contributed by atoms with van der Waals surface area (Å²) in [6, 6.07) is 4.88. The van der Waals surface area contributed by atoms with Gasteiger partial charge in [0.1, 0.15) is 18.8 Å². The molecule has 3 rings (SSSR count). The van der Waals surface area contributed by atoms with Gasteiger partial charge in [-0.3, -0.25) is 19.8 Å². The number of nitrogens with zero attached hydrogens (tertiary/aromatic N) is 3. The Bertz CT molecular complexity index is 772. The molecule has 0 unspecified atom stereocenters. The van der Waals surface area contributed by atoms with E-state index in [0.717, 1.165) is 12.1 Å². The SMILES string of the molecule is CCC1(CC)C(=O)NC2=NCN(c3cccc(C(F)(F)F)c3)CN2C1=O. The summed E-state index contributed by atoms with van der Waals surface area (Å²) in [6.45, 7) is 3.60. The highest BCUT2D eigenvalue weighted by atomic mass is 19.4. The van der Waals surface area contributed by atoms with Crippen molar-refractivity contribution in [3.63, 3.8) is 0 Å². The first-order valence-electron chi connectivity index (χ1n) is 8.33. The fourth-order valence-corrected chi connectivity index (χ4v) is 3.28. The van der Waals surface area contributed by atoms with Crippen molar-refractivity contribution < 1.29 is 22.8 Å². The van der Waals surface area contributed by atoms with Crippen molar-refractivity contribution >= 4 is 23.5 Å². The summed E-state index contributed by atoms with van der Waals surface area (Å²) in [7, 11) is 0. The molecule has 1 N–H and O–H groups in total. The van der Waals surface area contributed by atoms with Crippen LogP contribution in [0.4, 0.5) is 18.9 Å². The highest BCUT2D eigenvalue weighted by Crippen LogP contribution is 2.35. The molecule has 1 aromatic carbocycles. The number of nitrogens with one attached hydrogen (secondary N) is 1. The van der Waals surface area contributed by atoms with Crippen LogP contribution in [-0.4, -0.2) is 36.0 Å². The van der Waals surface area contributed by atoms with E-state index in [2.05, 4.69) is 10.3 Å². The van der Waals surface area contributed by atoms with Gasteiger partial charge >= 0.3 is 6.18 Å². The van der Waals surface area contributed by atoms with Gasteiger partial charge in [-0.25, -0.2) is 4.99 Å². The second-order valence-electron chi connectivity index (χ2n) is 6.33. The molecular formula is C17H19F3N4O2. The van der Waals surface area contributed by atoms with Crippen LogP contribution in [0.2, 0.25) is 0 Å². The Morgan fingerprint density at radius 1 is 1.23 bits per heavy atom. The zero-order chi connectivity index (χ0) is 19.1. The molecule has 1 fully saturated rings. The number of amides is 2. The van der Waals surface area contributed by atoms with Crippen molar-refractivity contribution in [2.24, 2.45) is 10.4 Å². The van der Waals surface area contributed by atoms with Crippen LogP contribution in [0.1, 0.15) is 32.3 Å². The van der Waals surface area contributed by atoms with Gasteiger partial charge in [0.25, 0.3) is 0 Å². The number of hydrogen-bond acceptors (Lipinski definition) is 4. The minimum Gasteiger partial charge on any atom is -0.334 e. The molecule has 2 aliphatic heterocycles. The zero-order valence-corrected chi connectivity index (χ0v) is 14.4. The molecule has 140 valence electrons. The van der Waals surface area contributed by atoms with Crippen molar-refractivity contribution in [2.75, 3.05) is 18.2 Å². The first-order chi connectivity index (χ1) is 12.2. The van der Waals surface area contributed by atoms with Gasteiger partial charge < -0.3 is 4.90 Å². The number of halogens is 3. The molecular weight excluding hydrogens is 349 g/mol. The molecule has 2 amide bonds. The van der Waals surface area contributed by atoms with Gasteiger partial charge in [0.05, 0.1) is 5.56 Å². The molecule has 0 aromatic heterocycles. The van der Waals surface area contributed by atoms with E-state index in [9.17, 15) is 22.8 Å². The highest BCUT2D eigenvalue weighted by Gasteiger charge is 2.51. The van der Waals surface area contributed by atoms with Crippen LogP contribution in [0.25, 0.3) is 0 Å². The van der Waals surface area contributed by atoms with Crippen LogP contribution in [0.5, 0.6) is 0 Å². The molecule has 2 heterocycles. The monoisotopic (exact) mass is 368 g/mol. The normalized spacial score (nSPS) is 19.8. The van der Waals surface area contributed by atoms with Gasteiger partial charge in [0.15, 0.2) is 0 Å². The summed E-state index contributed by atoms with van der Waals surface area (Å²) >= 11 is 0. The zero-order valence-electron chi connectivity index (χ0n) is 14.4. The molecule has 0 saturated carbocycles. The molecule has 6 nitrogen and oxygen atoms in total. The Labute approximate surface area is 148 Å². The lowest BCUT2D eigenvalue weighted by atomic mass is 9.78. The Kier molecular flexibility index (Phi) is 4.41. The first-order valence-corrected chi connectivity index (χ1v) is 8.33. The number of anilines is 1. The first kappa shape index (κ1) is 18.2. The summed E-state index contributed by atoms with van der Waals surface area (Å²) in [6.07, 6.45) is -3.78. The number of carbonyl (C=O) groups excluding carboxylic acids is 2. The third-order valence-electron chi connectivity index (χ3n) is 5.02. The summed E-state index contributed by atoms with van der Waals surface area (Å²) in [4.78, 5) is 32.4. The molecule has 1 saturated heterocycles. The van der Waals surface area contributed by atoms with Crippen LogP contribution >= 0.6 is 0 Å². The summed E-state index contributed by atoms with van der Waals surface area (Å²) in [5, 5.41) is 2.66. The van der Waals surface area contributed by atoms with E-state index in [1.807, 2.05) is 0 Å². The number of hydrogen-bond donors (Lipinski definition) is 1. The topological polar surface area (TPSA) is 65.0 Å². The predicted octanol–water partition coefficient (Wildman–Crippen LogP) is 2.56. The highest BCUT2D eigenvalue weighted by molar-refractivity contribution is 6.20. The van der Waals surface area contributed by atoms with Crippen molar-refractivity contribution in [2.45, 2.75) is 32.9 Å². The summed E-state index contributed by atoms with van der Waals surface area (Å²) < 4.78 is 38.8. The number of benzene rings is 1. The molecule has 26 heavy (non-hydrogen) atoms. The quantitative estimate of drug-likeness (QED) is 0.834. The second-order valence-corrected chi connectivity index (χ2v) is 6.33. The Morgan fingerprint density at radius 2 is 1.92 bits per heavy atom. The van der Waals surface area contributed by atoms with Crippen molar-refractivity contribution in [3.05, 3.63) is 29.8 Å². The fraction of sp³-hybridized carbons (Fsp3) is 0.471. The lowest BCUT2D eigenvalue weighted by Gasteiger charge is -2.44. The number of carbonyl (C=O) groups is 2.